The van der Waals surface area contributed by atoms with Gasteiger partial charge in [-0.05, 0) is 54.5 Å². The van der Waals surface area contributed by atoms with Crippen LogP contribution in [0.15, 0.2) is 85.0 Å². The molecule has 188 valence electrons. The zero-order chi connectivity index (χ0) is 26.4. The second-order valence-corrected chi connectivity index (χ2v) is 8.00. The van der Waals surface area contributed by atoms with Gasteiger partial charge >= 0.3 is 0 Å². The molecule has 1 fully saturated rings. The fourth-order valence-corrected chi connectivity index (χ4v) is 3.76. The Morgan fingerprint density at radius 2 is 1.84 bits per heavy atom. The van der Waals surface area contributed by atoms with Crippen LogP contribution < -0.4 is 25.2 Å². The number of ether oxygens (including phenoxy) is 2. The fourth-order valence-electron chi connectivity index (χ4n) is 3.76. The monoisotopic (exact) mass is 501 g/mol. The average Bonchev–Trinajstić information content (AvgIpc) is 3.18. The van der Waals surface area contributed by atoms with E-state index in [1.807, 2.05) is 6.07 Å². The van der Waals surface area contributed by atoms with Crippen molar-refractivity contribution in [3.63, 3.8) is 0 Å². The summed E-state index contributed by atoms with van der Waals surface area (Å²) in [6, 6.07) is 17.9. The number of carbonyl (C=O) groups is 3. The maximum atomic E-state index is 13.8. The van der Waals surface area contributed by atoms with Crippen molar-refractivity contribution in [3.8, 4) is 11.5 Å². The number of hydrazine groups is 1. The molecular formula is C28H24FN3O5. The Bertz CT molecular complexity index is 1390. The minimum absolute atomic E-state index is 0.0420. The summed E-state index contributed by atoms with van der Waals surface area (Å²) in [6.07, 6.45) is 3.46. The third-order valence-electron chi connectivity index (χ3n) is 5.45. The van der Waals surface area contributed by atoms with Gasteiger partial charge in [-0.15, -0.1) is 6.58 Å². The Morgan fingerprint density at radius 3 is 2.54 bits per heavy atom. The van der Waals surface area contributed by atoms with Gasteiger partial charge in [0.15, 0.2) is 18.1 Å². The van der Waals surface area contributed by atoms with Crippen LogP contribution in [-0.4, -0.2) is 31.4 Å². The van der Waals surface area contributed by atoms with Crippen molar-refractivity contribution in [1.82, 2.24) is 5.43 Å². The Morgan fingerprint density at radius 1 is 1.11 bits per heavy atom. The highest BCUT2D eigenvalue weighted by Gasteiger charge is 2.34. The SMILES string of the molecule is C=CCc1cc(/C=C2/C(=O)NN(c3ccccc3)C2=O)cc(OC)c1OCC(=O)Nc1ccccc1F. The number of anilines is 2. The lowest BCUT2D eigenvalue weighted by atomic mass is 10.0. The van der Waals surface area contributed by atoms with E-state index in [2.05, 4.69) is 17.3 Å². The van der Waals surface area contributed by atoms with E-state index in [0.29, 0.717) is 29.0 Å². The Labute approximate surface area is 213 Å². The zero-order valence-electron chi connectivity index (χ0n) is 20.0. The lowest BCUT2D eigenvalue weighted by molar-refractivity contribution is -0.118. The number of halogens is 1. The van der Waals surface area contributed by atoms with Crippen LogP contribution >= 0.6 is 0 Å². The number of nitrogens with zero attached hydrogens (tertiary/aromatic N) is 1. The quantitative estimate of drug-likeness (QED) is 0.262. The van der Waals surface area contributed by atoms with Gasteiger partial charge in [-0.2, -0.15) is 0 Å². The summed E-state index contributed by atoms with van der Waals surface area (Å²) < 4.78 is 25.1. The summed E-state index contributed by atoms with van der Waals surface area (Å²) >= 11 is 0. The Balaban J connectivity index is 1.58. The van der Waals surface area contributed by atoms with Gasteiger partial charge in [0.05, 0.1) is 18.5 Å². The molecule has 0 bridgehead atoms. The first-order valence-corrected chi connectivity index (χ1v) is 11.3. The molecule has 37 heavy (non-hydrogen) atoms. The van der Waals surface area contributed by atoms with E-state index in [-0.39, 0.29) is 17.0 Å². The normalized spacial score (nSPS) is 13.9. The highest BCUT2D eigenvalue weighted by Crippen LogP contribution is 2.35. The van der Waals surface area contributed by atoms with Gasteiger partial charge in [0.25, 0.3) is 17.7 Å². The van der Waals surface area contributed by atoms with E-state index < -0.39 is 30.1 Å². The zero-order valence-corrected chi connectivity index (χ0v) is 20.0. The molecule has 0 unspecified atom stereocenters. The van der Waals surface area contributed by atoms with Gasteiger partial charge in [0, 0.05) is 5.56 Å². The smallest absolute Gasteiger partial charge is 0.282 e. The third kappa shape index (κ3) is 5.67. The van der Waals surface area contributed by atoms with Crippen molar-refractivity contribution < 1.29 is 28.2 Å². The molecule has 0 saturated carbocycles. The molecule has 0 atom stereocenters. The molecule has 8 nitrogen and oxygen atoms in total. The van der Waals surface area contributed by atoms with Crippen molar-refractivity contribution in [1.29, 1.82) is 0 Å². The topological polar surface area (TPSA) is 97.0 Å². The summed E-state index contributed by atoms with van der Waals surface area (Å²) in [4.78, 5) is 37.9. The lowest BCUT2D eigenvalue weighted by Gasteiger charge is -2.16. The predicted octanol–water partition coefficient (Wildman–Crippen LogP) is 4.04. The van der Waals surface area contributed by atoms with Crippen molar-refractivity contribution in [3.05, 3.63) is 102 Å². The Hall–Kier alpha value is -4.92. The predicted molar refractivity (Wildman–Crippen MR) is 137 cm³/mol. The molecule has 4 rings (SSSR count). The number of hydrogen-bond acceptors (Lipinski definition) is 5. The van der Waals surface area contributed by atoms with Crippen LogP contribution in [0.2, 0.25) is 0 Å². The van der Waals surface area contributed by atoms with Gasteiger partial charge in [-0.1, -0.05) is 36.4 Å². The van der Waals surface area contributed by atoms with Crippen LogP contribution in [0.5, 0.6) is 11.5 Å². The molecule has 3 aromatic carbocycles. The highest BCUT2D eigenvalue weighted by molar-refractivity contribution is 6.31. The van der Waals surface area contributed by atoms with Crippen LogP contribution in [0.4, 0.5) is 15.8 Å². The van der Waals surface area contributed by atoms with Gasteiger partial charge in [-0.25, -0.2) is 9.40 Å². The second-order valence-electron chi connectivity index (χ2n) is 8.00. The first kappa shape index (κ1) is 25.2. The molecule has 2 N–H and O–H groups in total. The van der Waals surface area contributed by atoms with E-state index in [1.54, 1.807) is 48.5 Å². The van der Waals surface area contributed by atoms with Crippen molar-refractivity contribution in [2.75, 3.05) is 24.0 Å². The molecule has 1 aliphatic heterocycles. The molecule has 0 radical (unpaired) electrons. The molecule has 0 aliphatic carbocycles. The maximum Gasteiger partial charge on any atom is 0.282 e. The molecule has 1 saturated heterocycles. The van der Waals surface area contributed by atoms with E-state index >= 15 is 0 Å². The number of methoxy groups -OCH3 is 1. The van der Waals surface area contributed by atoms with E-state index in [4.69, 9.17) is 9.47 Å². The number of nitrogens with one attached hydrogen (secondary N) is 2. The van der Waals surface area contributed by atoms with Gasteiger partial charge in [0.1, 0.15) is 11.4 Å². The van der Waals surface area contributed by atoms with Crippen molar-refractivity contribution >= 4 is 35.2 Å². The van der Waals surface area contributed by atoms with Crippen molar-refractivity contribution in [2.24, 2.45) is 0 Å². The molecular weight excluding hydrogens is 477 g/mol. The maximum absolute atomic E-state index is 13.8. The average molecular weight is 502 g/mol. The van der Waals surface area contributed by atoms with Crippen LogP contribution in [0.25, 0.3) is 6.08 Å². The van der Waals surface area contributed by atoms with E-state index in [1.165, 1.54) is 36.4 Å². The summed E-state index contributed by atoms with van der Waals surface area (Å²) in [7, 11) is 1.43. The number of rotatable bonds is 9. The van der Waals surface area contributed by atoms with Crippen LogP contribution in [0.3, 0.4) is 0 Å². The van der Waals surface area contributed by atoms with E-state index in [9.17, 15) is 18.8 Å². The fraction of sp³-hybridized carbons (Fsp3) is 0.107. The number of carbonyl (C=O) groups excluding carboxylic acids is 3. The third-order valence-corrected chi connectivity index (χ3v) is 5.45. The minimum Gasteiger partial charge on any atom is -0.493 e. The second kappa shape index (κ2) is 11.2. The van der Waals surface area contributed by atoms with Gasteiger partial charge in [0.2, 0.25) is 0 Å². The minimum atomic E-state index is -0.561. The summed E-state index contributed by atoms with van der Waals surface area (Å²) in [5.41, 5.74) is 4.22. The summed E-state index contributed by atoms with van der Waals surface area (Å²) in [5, 5.41) is 3.64. The molecule has 9 heteroatoms. The van der Waals surface area contributed by atoms with Crippen LogP contribution in [0, 0.1) is 5.82 Å². The van der Waals surface area contributed by atoms with Gasteiger partial charge < -0.3 is 14.8 Å². The summed E-state index contributed by atoms with van der Waals surface area (Å²) in [6.45, 7) is 3.36. The van der Waals surface area contributed by atoms with Crippen molar-refractivity contribution in [2.45, 2.75) is 6.42 Å². The highest BCUT2D eigenvalue weighted by atomic mass is 19.1. The largest absolute Gasteiger partial charge is 0.493 e. The molecule has 1 heterocycles. The number of allylic oxidation sites excluding steroid dienone is 1. The van der Waals surface area contributed by atoms with Crippen LogP contribution in [0.1, 0.15) is 11.1 Å². The number of amides is 3. The number of para-hydroxylation sites is 2. The molecule has 1 aliphatic rings. The first-order valence-electron chi connectivity index (χ1n) is 11.3. The Kier molecular flexibility index (Phi) is 7.63. The first-order chi connectivity index (χ1) is 17.9. The molecule has 0 spiro atoms. The summed E-state index contributed by atoms with van der Waals surface area (Å²) in [5.74, 6) is -1.57. The number of benzene rings is 3. The molecule has 3 aromatic rings. The van der Waals surface area contributed by atoms with Crippen LogP contribution in [-0.2, 0) is 20.8 Å². The standard InChI is InChI=1S/C28H24FN3O5/c1-3-9-19-14-18(15-21-27(34)31-32(28(21)35)20-10-5-4-6-11-20)16-24(36-2)26(19)37-17-25(33)30-23-13-8-7-12-22(23)29/h3-8,10-16H,1,9,17H2,2H3,(H,30,33)(H,31,34)/b21-15-. The van der Waals surface area contributed by atoms with Gasteiger partial charge in [-0.3, -0.25) is 19.8 Å². The molecule has 3 amide bonds. The number of hydrogen-bond donors (Lipinski definition) is 2. The van der Waals surface area contributed by atoms with E-state index in [0.717, 1.165) is 0 Å². The molecule has 0 aromatic heterocycles. The lowest BCUT2D eigenvalue weighted by Crippen LogP contribution is -2.35.